The Balaban J connectivity index is 1.45. The number of anilines is 2. The van der Waals surface area contributed by atoms with Crippen LogP contribution >= 0.6 is 0 Å². The summed E-state index contributed by atoms with van der Waals surface area (Å²) in [5.74, 6) is 2.20. The summed E-state index contributed by atoms with van der Waals surface area (Å²) in [7, 11) is 2.19. The van der Waals surface area contributed by atoms with Gasteiger partial charge in [0.05, 0.1) is 17.1 Å². The molecular weight excluding hydrogens is 398 g/mol. The van der Waals surface area contributed by atoms with Gasteiger partial charge in [-0.25, -0.2) is 9.97 Å². The predicted octanol–water partition coefficient (Wildman–Crippen LogP) is 4.49. The van der Waals surface area contributed by atoms with Crippen molar-refractivity contribution in [3.8, 4) is 5.82 Å². The summed E-state index contributed by atoms with van der Waals surface area (Å²) < 4.78 is 2.09. The Bertz CT molecular complexity index is 1190. The lowest BCUT2D eigenvalue weighted by atomic mass is 10.1. The number of rotatable bonds is 7. The molecule has 0 amide bonds. The highest BCUT2D eigenvalue weighted by Crippen LogP contribution is 2.25. The van der Waals surface area contributed by atoms with Gasteiger partial charge in [0.1, 0.15) is 5.82 Å². The number of para-hydroxylation sites is 2. The zero-order valence-electron chi connectivity index (χ0n) is 18.6. The highest BCUT2D eigenvalue weighted by Gasteiger charge is 2.22. The third kappa shape index (κ3) is 4.16. The van der Waals surface area contributed by atoms with Crippen molar-refractivity contribution in [3.63, 3.8) is 0 Å². The lowest BCUT2D eigenvalue weighted by Gasteiger charge is -2.20. The molecule has 1 saturated heterocycles. The number of hydrogen-bond donors (Lipinski definition) is 2. The van der Waals surface area contributed by atoms with Gasteiger partial charge < -0.3 is 15.5 Å². The fourth-order valence-corrected chi connectivity index (χ4v) is 4.38. The van der Waals surface area contributed by atoms with Crippen LogP contribution in [0.25, 0.3) is 16.9 Å². The molecule has 1 fully saturated rings. The number of imidazole rings is 1. The van der Waals surface area contributed by atoms with Gasteiger partial charge in [-0.3, -0.25) is 4.57 Å². The molecule has 0 saturated carbocycles. The van der Waals surface area contributed by atoms with E-state index in [0.717, 1.165) is 35.9 Å². The van der Waals surface area contributed by atoms with Crippen molar-refractivity contribution in [2.24, 2.45) is 0 Å². The maximum absolute atomic E-state index is 4.87. The number of aromatic nitrogens is 4. The maximum Gasteiger partial charge on any atom is 0.225 e. The quantitative estimate of drug-likeness (QED) is 0.453. The minimum absolute atomic E-state index is 0.0986. The lowest BCUT2D eigenvalue weighted by molar-refractivity contribution is 0.322. The molecule has 32 heavy (non-hydrogen) atoms. The van der Waals surface area contributed by atoms with Crippen molar-refractivity contribution < 1.29 is 0 Å². The summed E-state index contributed by atoms with van der Waals surface area (Å²) in [4.78, 5) is 16.6. The third-order valence-electron chi connectivity index (χ3n) is 6.24. The van der Waals surface area contributed by atoms with Gasteiger partial charge in [-0.05, 0) is 51.1 Å². The van der Waals surface area contributed by atoms with Gasteiger partial charge in [0.15, 0.2) is 0 Å². The average Bonchev–Trinajstić information content (AvgIpc) is 3.41. The van der Waals surface area contributed by atoms with E-state index in [1.54, 1.807) is 6.20 Å². The fourth-order valence-electron chi connectivity index (χ4n) is 4.38. The van der Waals surface area contributed by atoms with Gasteiger partial charge in [0, 0.05) is 24.8 Å². The van der Waals surface area contributed by atoms with Crippen LogP contribution < -0.4 is 10.6 Å². The fraction of sp³-hybridized carbons (Fsp3) is 0.320. The van der Waals surface area contributed by atoms with Crippen molar-refractivity contribution in [2.75, 3.05) is 30.8 Å². The molecule has 1 unspecified atom stereocenters. The molecule has 0 bridgehead atoms. The highest BCUT2D eigenvalue weighted by atomic mass is 15.3. The zero-order valence-corrected chi connectivity index (χ0v) is 18.6. The monoisotopic (exact) mass is 427 g/mol. The number of hydrogen-bond acceptors (Lipinski definition) is 6. The highest BCUT2D eigenvalue weighted by molar-refractivity contribution is 5.80. The standard InChI is InChI=1S/C25H29N7/c1-18(19-9-4-3-5-10-19)28-24-26-15-14-23(30-24)32-22-13-7-6-12-21(22)29-25(32)27-17-20-11-8-16-31(20)2/h3-7,9-10,12-15,18,20H,8,11,16-17H2,1-2H3,(H,27,29)(H,26,28,30)/t18-,20?/m0/s1. The second-order valence-corrected chi connectivity index (χ2v) is 8.43. The molecule has 3 heterocycles. The first-order valence-corrected chi connectivity index (χ1v) is 11.3. The molecular formula is C25H29N7. The molecule has 0 radical (unpaired) electrons. The van der Waals surface area contributed by atoms with Gasteiger partial charge in [-0.2, -0.15) is 4.98 Å². The van der Waals surface area contributed by atoms with Crippen LogP contribution in [0.3, 0.4) is 0 Å². The maximum atomic E-state index is 4.87. The number of likely N-dealkylation sites (N-methyl/N-ethyl adjacent to an activating group) is 1. The van der Waals surface area contributed by atoms with E-state index in [-0.39, 0.29) is 6.04 Å². The van der Waals surface area contributed by atoms with E-state index < -0.39 is 0 Å². The van der Waals surface area contributed by atoms with Crippen LogP contribution in [-0.2, 0) is 0 Å². The third-order valence-corrected chi connectivity index (χ3v) is 6.24. The number of nitrogens with one attached hydrogen (secondary N) is 2. The molecule has 0 aliphatic carbocycles. The molecule has 1 aliphatic heterocycles. The Kier molecular flexibility index (Phi) is 5.73. The Hall–Kier alpha value is -3.45. The van der Waals surface area contributed by atoms with Gasteiger partial charge >= 0.3 is 0 Å². The molecule has 7 nitrogen and oxygen atoms in total. The minimum atomic E-state index is 0.0986. The summed E-state index contributed by atoms with van der Waals surface area (Å²) in [5, 5.41) is 7.02. The zero-order chi connectivity index (χ0) is 21.9. The largest absolute Gasteiger partial charge is 0.354 e. The number of likely N-dealkylation sites (tertiary alicyclic amines) is 1. The van der Waals surface area contributed by atoms with Gasteiger partial charge in [0.25, 0.3) is 0 Å². The lowest BCUT2D eigenvalue weighted by Crippen LogP contribution is -2.32. The summed E-state index contributed by atoms with van der Waals surface area (Å²) in [6.07, 6.45) is 4.26. The van der Waals surface area contributed by atoms with E-state index in [9.17, 15) is 0 Å². The molecule has 2 N–H and O–H groups in total. The summed E-state index contributed by atoms with van der Waals surface area (Å²) >= 11 is 0. The first kappa shape index (κ1) is 20.5. The van der Waals surface area contributed by atoms with Crippen LogP contribution in [0.2, 0.25) is 0 Å². The summed E-state index contributed by atoms with van der Waals surface area (Å²) in [5.41, 5.74) is 3.16. The van der Waals surface area contributed by atoms with Crippen LogP contribution in [-0.4, -0.2) is 50.6 Å². The second-order valence-electron chi connectivity index (χ2n) is 8.43. The Morgan fingerprint density at radius 2 is 1.84 bits per heavy atom. The number of benzene rings is 2. The molecule has 1 aliphatic rings. The molecule has 7 heteroatoms. The molecule has 2 aromatic heterocycles. The molecule has 4 aromatic rings. The predicted molar refractivity (Wildman–Crippen MR) is 129 cm³/mol. The number of fused-ring (bicyclic) bond motifs is 1. The van der Waals surface area contributed by atoms with Crippen molar-refractivity contribution in [2.45, 2.75) is 31.8 Å². The molecule has 2 atom stereocenters. The molecule has 164 valence electrons. The van der Waals surface area contributed by atoms with Crippen molar-refractivity contribution in [1.82, 2.24) is 24.4 Å². The van der Waals surface area contributed by atoms with Crippen LogP contribution in [0.1, 0.15) is 31.4 Å². The van der Waals surface area contributed by atoms with Gasteiger partial charge in [-0.15, -0.1) is 0 Å². The Morgan fingerprint density at radius 3 is 2.66 bits per heavy atom. The van der Waals surface area contributed by atoms with E-state index in [4.69, 9.17) is 9.97 Å². The average molecular weight is 428 g/mol. The van der Waals surface area contributed by atoms with E-state index in [1.807, 2.05) is 42.5 Å². The Morgan fingerprint density at radius 1 is 1.03 bits per heavy atom. The summed E-state index contributed by atoms with van der Waals surface area (Å²) in [6, 6.07) is 21.0. The van der Waals surface area contributed by atoms with Crippen molar-refractivity contribution in [3.05, 3.63) is 72.4 Å². The van der Waals surface area contributed by atoms with Crippen LogP contribution in [0.5, 0.6) is 0 Å². The SMILES string of the molecule is C[C@H](Nc1nccc(-n2c(NCC3CCCN3C)nc3ccccc32)n1)c1ccccc1. The van der Waals surface area contributed by atoms with E-state index in [2.05, 4.69) is 57.3 Å². The first-order valence-electron chi connectivity index (χ1n) is 11.3. The minimum Gasteiger partial charge on any atom is -0.354 e. The van der Waals surface area contributed by atoms with Gasteiger partial charge in [-0.1, -0.05) is 42.5 Å². The van der Waals surface area contributed by atoms with Crippen molar-refractivity contribution >= 4 is 22.9 Å². The Labute approximate surface area is 188 Å². The first-order chi connectivity index (χ1) is 15.7. The van der Waals surface area contributed by atoms with E-state index in [0.29, 0.717) is 12.0 Å². The summed E-state index contributed by atoms with van der Waals surface area (Å²) in [6.45, 7) is 4.13. The van der Waals surface area contributed by atoms with Crippen LogP contribution in [0, 0.1) is 0 Å². The topological polar surface area (TPSA) is 70.9 Å². The van der Waals surface area contributed by atoms with E-state index in [1.165, 1.54) is 18.4 Å². The normalized spacial score (nSPS) is 17.5. The second kappa shape index (κ2) is 8.96. The molecule has 0 spiro atoms. The van der Waals surface area contributed by atoms with Crippen LogP contribution in [0.4, 0.5) is 11.9 Å². The van der Waals surface area contributed by atoms with Gasteiger partial charge in [0.2, 0.25) is 11.9 Å². The number of nitrogens with zero attached hydrogens (tertiary/aromatic N) is 5. The smallest absolute Gasteiger partial charge is 0.225 e. The van der Waals surface area contributed by atoms with Crippen LogP contribution in [0.15, 0.2) is 66.9 Å². The molecule has 5 rings (SSSR count). The van der Waals surface area contributed by atoms with Crippen molar-refractivity contribution in [1.29, 1.82) is 0 Å². The molecule has 2 aromatic carbocycles. The van der Waals surface area contributed by atoms with E-state index >= 15 is 0 Å².